The Hall–Kier alpha value is -1.35. The van der Waals surface area contributed by atoms with Crippen molar-refractivity contribution in [3.8, 4) is 6.07 Å². The summed E-state index contributed by atoms with van der Waals surface area (Å²) in [7, 11) is 0. The maximum Gasteiger partial charge on any atom is 0.417 e. The number of Topliss-reactive ketones (excluding diaryl/α,β-unsaturated/α-hetero) is 1. The molecule has 4 aliphatic rings. The molecule has 0 radical (unpaired) electrons. The second kappa shape index (κ2) is 6.08. The van der Waals surface area contributed by atoms with Crippen molar-refractivity contribution in [2.24, 2.45) is 34.5 Å². The van der Waals surface area contributed by atoms with Crippen molar-refractivity contribution in [2.45, 2.75) is 77.0 Å². The third-order valence-corrected chi connectivity index (χ3v) is 9.03. The second-order valence-corrected chi connectivity index (χ2v) is 10.2. The van der Waals surface area contributed by atoms with Crippen molar-refractivity contribution in [1.29, 1.82) is 5.26 Å². The van der Waals surface area contributed by atoms with Crippen molar-refractivity contribution < 1.29 is 23.1 Å². The van der Waals surface area contributed by atoms with Crippen LogP contribution >= 0.6 is 0 Å². The summed E-state index contributed by atoms with van der Waals surface area (Å²) in [5, 5.41) is 19.4. The highest BCUT2D eigenvalue weighted by Crippen LogP contribution is 2.67. The molecule has 0 spiro atoms. The molecule has 0 bridgehead atoms. The number of rotatable bonds is 0. The monoisotopic (exact) mass is 395 g/mol. The highest BCUT2D eigenvalue weighted by Gasteiger charge is 2.66. The van der Waals surface area contributed by atoms with Crippen LogP contribution in [-0.2, 0) is 4.79 Å². The van der Waals surface area contributed by atoms with Gasteiger partial charge in [-0.25, -0.2) is 0 Å². The number of halogens is 3. The van der Waals surface area contributed by atoms with E-state index >= 15 is 0 Å². The number of hydrogen-bond acceptors (Lipinski definition) is 3. The Morgan fingerprint density at radius 1 is 1.21 bits per heavy atom. The van der Waals surface area contributed by atoms with Crippen molar-refractivity contribution in [1.82, 2.24) is 0 Å². The number of nitrogens with zero attached hydrogens (tertiary/aromatic N) is 1. The summed E-state index contributed by atoms with van der Waals surface area (Å²) in [4.78, 5) is 13.3. The van der Waals surface area contributed by atoms with Crippen LogP contribution in [0.3, 0.4) is 0 Å². The smallest absolute Gasteiger partial charge is 0.380 e. The summed E-state index contributed by atoms with van der Waals surface area (Å²) in [6.45, 7) is 4.09. The largest absolute Gasteiger partial charge is 0.417 e. The predicted molar refractivity (Wildman–Crippen MR) is 96.8 cm³/mol. The van der Waals surface area contributed by atoms with Gasteiger partial charge in [0, 0.05) is 18.4 Å². The van der Waals surface area contributed by atoms with E-state index < -0.39 is 17.2 Å². The quantitative estimate of drug-likeness (QED) is 0.590. The van der Waals surface area contributed by atoms with Crippen molar-refractivity contribution in [2.75, 3.05) is 0 Å². The van der Waals surface area contributed by atoms with Crippen LogP contribution in [0.1, 0.15) is 65.2 Å². The fourth-order valence-corrected chi connectivity index (χ4v) is 7.48. The molecule has 4 fully saturated rings. The van der Waals surface area contributed by atoms with Gasteiger partial charge in [-0.2, -0.15) is 18.4 Å². The van der Waals surface area contributed by atoms with E-state index in [4.69, 9.17) is 5.26 Å². The first-order valence-electron chi connectivity index (χ1n) is 10.4. The topological polar surface area (TPSA) is 61.1 Å². The molecule has 0 aromatic heterocycles. The summed E-state index contributed by atoms with van der Waals surface area (Å²) in [6, 6.07) is 2.12. The van der Waals surface area contributed by atoms with Crippen LogP contribution in [0, 0.1) is 45.8 Å². The van der Waals surface area contributed by atoms with Crippen LogP contribution in [0.15, 0.2) is 11.6 Å². The number of carbonyl (C=O) groups is 1. The van der Waals surface area contributed by atoms with Crippen LogP contribution in [0.4, 0.5) is 13.2 Å². The number of hydrogen-bond donors (Lipinski definition) is 1. The molecule has 0 amide bonds. The molecule has 1 N–H and O–H groups in total. The fourth-order valence-electron chi connectivity index (χ4n) is 7.48. The number of allylic oxidation sites excluding steroid dienone is 2. The molecule has 0 unspecified atom stereocenters. The molecular formula is C22H28F3NO2. The minimum atomic E-state index is -4.62. The Labute approximate surface area is 164 Å². The number of ketones is 1. The van der Waals surface area contributed by atoms with E-state index in [9.17, 15) is 23.1 Å². The minimum absolute atomic E-state index is 0.152. The Bertz CT molecular complexity index is 769. The summed E-state index contributed by atoms with van der Waals surface area (Å²) in [5.41, 5.74) is -2.31. The van der Waals surface area contributed by atoms with Gasteiger partial charge in [-0.15, -0.1) is 0 Å². The van der Waals surface area contributed by atoms with E-state index in [-0.39, 0.29) is 48.2 Å². The van der Waals surface area contributed by atoms with Gasteiger partial charge in [0.05, 0.1) is 6.07 Å². The Morgan fingerprint density at radius 2 is 1.93 bits per heavy atom. The number of fused-ring (bicyclic) bond motifs is 5. The molecule has 7 atom stereocenters. The molecular weight excluding hydrogens is 367 g/mol. The first-order valence-corrected chi connectivity index (χ1v) is 10.4. The number of aliphatic hydroxyl groups is 1. The van der Waals surface area contributed by atoms with E-state index in [2.05, 4.69) is 13.0 Å². The molecule has 3 nitrogen and oxygen atoms in total. The van der Waals surface area contributed by atoms with E-state index in [0.29, 0.717) is 18.8 Å². The maximum absolute atomic E-state index is 13.4. The fraction of sp³-hybridized carbons (Fsp3) is 0.818. The van der Waals surface area contributed by atoms with Crippen LogP contribution in [0.5, 0.6) is 0 Å². The third-order valence-electron chi connectivity index (χ3n) is 9.03. The van der Waals surface area contributed by atoms with Crippen molar-refractivity contribution in [3.05, 3.63) is 11.6 Å². The Kier molecular flexibility index (Phi) is 4.33. The third kappa shape index (κ3) is 2.54. The molecule has 28 heavy (non-hydrogen) atoms. The van der Waals surface area contributed by atoms with Crippen LogP contribution in [0.25, 0.3) is 0 Å². The molecule has 6 heteroatoms. The van der Waals surface area contributed by atoms with E-state index in [1.54, 1.807) is 6.08 Å². The van der Waals surface area contributed by atoms with Gasteiger partial charge in [-0.1, -0.05) is 19.4 Å². The van der Waals surface area contributed by atoms with E-state index in [1.165, 1.54) is 0 Å². The van der Waals surface area contributed by atoms with E-state index in [0.717, 1.165) is 24.8 Å². The standard InChI is InChI=1S/C22H28F3NO2/c1-19-8-9-21(28,22(23,24)25)11-14(19)3-5-15-16-6-4-13(7-10-26)20(16,2)12-17(27)18(15)19/h7,14-16,18,28H,3-6,8-9,11-12H2,1-2H3/b13-7-/t14-,15-,16-,18+,19-,20+,21+/m0/s1. The first kappa shape index (κ1) is 19.9. The molecule has 0 aromatic rings. The molecule has 4 aliphatic carbocycles. The van der Waals surface area contributed by atoms with Gasteiger partial charge < -0.3 is 5.11 Å². The van der Waals surface area contributed by atoms with Gasteiger partial charge in [0.25, 0.3) is 0 Å². The summed E-state index contributed by atoms with van der Waals surface area (Å²) in [6.07, 6.45) is 0.159. The van der Waals surface area contributed by atoms with Crippen LogP contribution < -0.4 is 0 Å². The average Bonchev–Trinajstić information content (AvgIpc) is 2.91. The van der Waals surface area contributed by atoms with Gasteiger partial charge in [0.1, 0.15) is 5.78 Å². The zero-order valence-corrected chi connectivity index (χ0v) is 16.5. The number of alkyl halides is 3. The van der Waals surface area contributed by atoms with Gasteiger partial charge in [-0.05, 0) is 73.5 Å². The number of carbonyl (C=O) groups excluding carboxylic acids is 1. The zero-order valence-electron chi connectivity index (χ0n) is 16.5. The Balaban J connectivity index is 1.66. The van der Waals surface area contributed by atoms with Gasteiger partial charge in [0.2, 0.25) is 0 Å². The highest BCUT2D eigenvalue weighted by molar-refractivity contribution is 5.85. The summed E-state index contributed by atoms with van der Waals surface area (Å²) < 4.78 is 40.2. The lowest BCUT2D eigenvalue weighted by Crippen LogP contribution is -2.61. The lowest BCUT2D eigenvalue weighted by molar-refractivity contribution is -0.288. The summed E-state index contributed by atoms with van der Waals surface area (Å²) >= 11 is 0. The van der Waals surface area contributed by atoms with Crippen molar-refractivity contribution in [3.63, 3.8) is 0 Å². The number of nitriles is 1. The first-order chi connectivity index (χ1) is 13.0. The molecule has 0 aliphatic heterocycles. The lowest BCUT2D eigenvalue weighted by Gasteiger charge is -2.60. The van der Waals surface area contributed by atoms with Gasteiger partial charge in [-0.3, -0.25) is 4.79 Å². The van der Waals surface area contributed by atoms with Crippen molar-refractivity contribution >= 4 is 5.78 Å². The highest BCUT2D eigenvalue weighted by atomic mass is 19.4. The van der Waals surface area contributed by atoms with E-state index in [1.807, 2.05) is 6.92 Å². The van der Waals surface area contributed by atoms with Gasteiger partial charge >= 0.3 is 6.18 Å². The molecule has 154 valence electrons. The SMILES string of the molecule is C[C@]12CC[C@](O)(C(F)(F)F)C[C@@H]1CC[C@@H]1[C@@H]2C(=O)C[C@]2(C)/C(=C\C#N)CC[C@@H]12. The molecule has 0 aromatic carbocycles. The predicted octanol–water partition coefficient (Wildman–Crippen LogP) is 4.95. The van der Waals surface area contributed by atoms with Crippen LogP contribution in [-0.4, -0.2) is 22.7 Å². The Morgan fingerprint density at radius 3 is 2.57 bits per heavy atom. The minimum Gasteiger partial charge on any atom is -0.380 e. The molecule has 0 heterocycles. The van der Waals surface area contributed by atoms with Crippen LogP contribution in [0.2, 0.25) is 0 Å². The zero-order chi connectivity index (χ0) is 20.5. The molecule has 0 saturated heterocycles. The van der Waals surface area contributed by atoms with Gasteiger partial charge in [0.15, 0.2) is 5.60 Å². The molecule has 4 rings (SSSR count). The average molecular weight is 395 g/mol. The summed E-state index contributed by atoms with van der Waals surface area (Å²) in [5.74, 6) is 0.144. The lowest BCUT2D eigenvalue weighted by atomic mass is 9.44. The molecule has 4 saturated carbocycles. The maximum atomic E-state index is 13.4. The second-order valence-electron chi connectivity index (χ2n) is 10.2. The normalized spacial score (nSPS) is 49.9.